The number of aliphatic hydroxyl groups excluding tert-OH is 2. The molecule has 2 saturated carbocycles. The summed E-state index contributed by atoms with van der Waals surface area (Å²) in [6.07, 6.45) is -13.1. The first kappa shape index (κ1) is 48.1. The predicted molar refractivity (Wildman–Crippen MR) is 213 cm³/mol. The van der Waals surface area contributed by atoms with Crippen LogP contribution in [0.5, 0.6) is 0 Å². The molecule has 1 aliphatic heterocycles. The van der Waals surface area contributed by atoms with Gasteiger partial charge in [-0.15, -0.1) is 0 Å². The number of carbonyl (C=O) groups is 6. The average Bonchev–Trinajstić information content (AvgIpc) is 3.16. The molecule has 2 aromatic rings. The van der Waals surface area contributed by atoms with Gasteiger partial charge in [-0.05, 0) is 75.6 Å². The Morgan fingerprint density at radius 3 is 2.05 bits per heavy atom. The van der Waals surface area contributed by atoms with E-state index in [0.29, 0.717) is 18.2 Å². The number of ether oxygens (including phenoxy) is 6. The molecule has 1 saturated heterocycles. The minimum Gasteiger partial charge on any atom is -0.456 e. The summed E-state index contributed by atoms with van der Waals surface area (Å²) >= 11 is 0. The number of aliphatic hydroxyl groups is 3. The number of rotatable bonds is 9. The van der Waals surface area contributed by atoms with Gasteiger partial charge in [0.1, 0.15) is 47.0 Å². The Labute approximate surface area is 366 Å². The molecule has 0 radical (unpaired) electrons. The molecule has 11 atom stereocenters. The molecule has 4 N–H and O–H groups in total. The quantitative estimate of drug-likeness (QED) is 0.157. The van der Waals surface area contributed by atoms with Gasteiger partial charge in [-0.25, -0.2) is 27.6 Å². The van der Waals surface area contributed by atoms with E-state index in [1.54, 1.807) is 20.8 Å². The van der Waals surface area contributed by atoms with Crippen LogP contribution >= 0.6 is 0 Å². The maximum absolute atomic E-state index is 15.4. The first-order valence-electron chi connectivity index (χ1n) is 20.5. The van der Waals surface area contributed by atoms with E-state index in [4.69, 9.17) is 28.4 Å². The van der Waals surface area contributed by atoms with E-state index in [9.17, 15) is 52.5 Å². The van der Waals surface area contributed by atoms with Crippen LogP contribution in [0, 0.1) is 34.2 Å². The first-order chi connectivity index (χ1) is 29.6. The van der Waals surface area contributed by atoms with E-state index in [-0.39, 0.29) is 23.1 Å². The Balaban J connectivity index is 1.55. The lowest BCUT2D eigenvalue weighted by molar-refractivity contribution is -0.346. The molecule has 3 fully saturated rings. The highest BCUT2D eigenvalue weighted by Gasteiger charge is 2.78. The number of halogens is 3. The normalized spacial score (nSPS) is 31.6. The fourth-order valence-corrected chi connectivity index (χ4v) is 9.91. The molecule has 19 heteroatoms. The molecular formula is C45H52F3NO15. The Bertz CT molecular complexity index is 2260. The number of hydrogen-bond donors (Lipinski definition) is 4. The first-order valence-corrected chi connectivity index (χ1v) is 20.5. The lowest BCUT2D eigenvalue weighted by Crippen LogP contribution is -2.82. The Kier molecular flexibility index (Phi) is 12.7. The molecule has 4 aliphatic rings. The van der Waals surface area contributed by atoms with E-state index in [0.717, 1.165) is 26.0 Å². The lowest BCUT2D eigenvalue weighted by atomic mass is 9.44. The third kappa shape index (κ3) is 8.38. The minimum absolute atomic E-state index is 0.0115. The molecular weight excluding hydrogens is 851 g/mol. The summed E-state index contributed by atoms with van der Waals surface area (Å²) in [7, 11) is 0. The smallest absolute Gasteiger partial charge is 0.408 e. The minimum atomic E-state index is -2.64. The summed E-state index contributed by atoms with van der Waals surface area (Å²) < 4.78 is 78.1. The number of alkyl carbamates (subject to hydrolysis) is 1. The molecule has 6 rings (SSSR count). The van der Waals surface area contributed by atoms with Gasteiger partial charge >= 0.3 is 30.0 Å². The predicted octanol–water partition coefficient (Wildman–Crippen LogP) is 4.25. The van der Waals surface area contributed by atoms with Crippen molar-refractivity contribution in [3.63, 3.8) is 0 Å². The number of Topliss-reactive ketones (excluding diaryl/α,β-unsaturated/α-hetero) is 1. The Morgan fingerprint density at radius 2 is 1.52 bits per heavy atom. The highest BCUT2D eigenvalue weighted by atomic mass is 19.1. The van der Waals surface area contributed by atoms with Crippen LogP contribution in [0.15, 0.2) is 53.6 Å². The van der Waals surface area contributed by atoms with Gasteiger partial charge in [-0.2, -0.15) is 0 Å². The standard InChI is InChI=1S/C45H52F3NO15/c1-20-28(61-39(56)33(53)32(23-10-12-25(46)13-11-23)49-40(57)64-41(4,5)6)18-45(58)37(62-38(55)24-14-26(47)16-27(48)15-24)35-43(9,29(52)17-30-44(35,19-59-30)63-22(3)51)36(54)34(60-21(2)50)31(20)42(45,7)8/h10-16,28-30,32-35,37,52-53,58H,17-19H2,1-9H3,(H,49,57)/t28-,29-,30+,32-,33+,34+,35-,37-,43+,44-,45+/m0/s1. The van der Waals surface area contributed by atoms with Crippen molar-refractivity contribution in [1.82, 2.24) is 5.32 Å². The molecule has 2 aromatic carbocycles. The van der Waals surface area contributed by atoms with Crippen molar-refractivity contribution in [1.29, 1.82) is 0 Å². The second kappa shape index (κ2) is 16.9. The van der Waals surface area contributed by atoms with Gasteiger partial charge in [0, 0.05) is 38.2 Å². The number of hydrogen-bond acceptors (Lipinski definition) is 15. The number of ketones is 1. The number of fused-ring (bicyclic) bond motifs is 5. The second-order valence-electron chi connectivity index (χ2n) is 18.6. The molecule has 1 amide bonds. The summed E-state index contributed by atoms with van der Waals surface area (Å²) in [5.74, 6) is -10.6. The molecule has 0 unspecified atom stereocenters. The fraction of sp³-hybridized carbons (Fsp3) is 0.556. The van der Waals surface area contributed by atoms with Gasteiger partial charge in [0.05, 0.1) is 35.6 Å². The largest absolute Gasteiger partial charge is 0.456 e. The molecule has 1 heterocycles. The molecule has 64 heavy (non-hydrogen) atoms. The van der Waals surface area contributed by atoms with Gasteiger partial charge in [0.2, 0.25) is 0 Å². The summed E-state index contributed by atoms with van der Waals surface area (Å²) in [4.78, 5) is 82.8. The van der Waals surface area contributed by atoms with Crippen LogP contribution < -0.4 is 5.32 Å². The van der Waals surface area contributed by atoms with Crippen molar-refractivity contribution in [2.75, 3.05) is 6.61 Å². The topological polar surface area (TPSA) is 231 Å². The molecule has 348 valence electrons. The monoisotopic (exact) mass is 903 g/mol. The second-order valence-corrected chi connectivity index (χ2v) is 18.6. The van der Waals surface area contributed by atoms with Crippen molar-refractivity contribution >= 4 is 35.8 Å². The maximum atomic E-state index is 15.4. The number of amides is 1. The number of esters is 4. The highest BCUT2D eigenvalue weighted by molar-refractivity contribution is 5.95. The molecule has 0 aromatic heterocycles. The maximum Gasteiger partial charge on any atom is 0.408 e. The van der Waals surface area contributed by atoms with E-state index in [1.807, 2.05) is 0 Å². The van der Waals surface area contributed by atoms with E-state index in [1.165, 1.54) is 39.8 Å². The zero-order valence-electron chi connectivity index (χ0n) is 36.7. The third-order valence-corrected chi connectivity index (χ3v) is 13.0. The summed E-state index contributed by atoms with van der Waals surface area (Å²) in [6, 6.07) is 4.58. The summed E-state index contributed by atoms with van der Waals surface area (Å²) in [5.41, 5.74) is -10.5. The highest BCUT2D eigenvalue weighted by Crippen LogP contribution is 2.64. The Morgan fingerprint density at radius 1 is 0.906 bits per heavy atom. The van der Waals surface area contributed by atoms with Crippen LogP contribution in [0.2, 0.25) is 0 Å². The van der Waals surface area contributed by atoms with Crippen LogP contribution in [-0.4, -0.2) is 111 Å². The van der Waals surface area contributed by atoms with Gasteiger partial charge in [-0.3, -0.25) is 14.4 Å². The van der Waals surface area contributed by atoms with Gasteiger partial charge in [0.25, 0.3) is 0 Å². The Hall–Kier alpha value is -5.37. The van der Waals surface area contributed by atoms with Crippen LogP contribution in [0.3, 0.4) is 0 Å². The van der Waals surface area contributed by atoms with Crippen molar-refractivity contribution < 1.29 is 85.7 Å². The van der Waals surface area contributed by atoms with Gasteiger partial charge in [0.15, 0.2) is 23.6 Å². The van der Waals surface area contributed by atoms with E-state index < -0.39 is 148 Å². The van der Waals surface area contributed by atoms with Crippen LogP contribution in [0.1, 0.15) is 97.1 Å². The van der Waals surface area contributed by atoms with Gasteiger partial charge < -0.3 is 49.1 Å². The SMILES string of the molecule is CC(=O)O[C@H]1C(=O)[C@@]2(C)[C@H]([C@H](OC(=O)c3cc(F)cc(F)c3)[C@]3(O)C[C@H](OC(=O)[C@H](O)[C@@H](NC(=O)OC(C)(C)C)c4ccc(F)cc4)C(C)=C1C3(C)C)[C@]1(OC(C)=O)CO[C@@H]1C[C@@H]2O. The van der Waals surface area contributed by atoms with Crippen molar-refractivity contribution in [2.45, 2.75) is 135 Å². The number of carbonyl (C=O) groups excluding carboxylic acids is 6. The number of benzene rings is 2. The van der Waals surface area contributed by atoms with E-state index >= 15 is 4.79 Å². The fourth-order valence-electron chi connectivity index (χ4n) is 9.91. The van der Waals surface area contributed by atoms with Crippen LogP contribution in [0.25, 0.3) is 0 Å². The number of nitrogens with one attached hydrogen (secondary N) is 1. The van der Waals surface area contributed by atoms with Crippen molar-refractivity contribution in [3.8, 4) is 0 Å². The zero-order chi connectivity index (χ0) is 47.6. The van der Waals surface area contributed by atoms with Gasteiger partial charge in [-0.1, -0.05) is 26.0 Å². The van der Waals surface area contributed by atoms with E-state index in [2.05, 4.69) is 5.32 Å². The molecule has 16 nitrogen and oxygen atoms in total. The van der Waals surface area contributed by atoms with Crippen molar-refractivity contribution in [2.24, 2.45) is 16.7 Å². The zero-order valence-corrected chi connectivity index (χ0v) is 36.7. The molecule has 0 spiro atoms. The lowest BCUT2D eigenvalue weighted by Gasteiger charge is -2.67. The molecule has 2 bridgehead atoms. The van der Waals surface area contributed by atoms with Crippen LogP contribution in [-0.2, 0) is 47.6 Å². The average molecular weight is 904 g/mol. The molecule has 3 aliphatic carbocycles. The third-order valence-electron chi connectivity index (χ3n) is 13.0. The van der Waals surface area contributed by atoms with Crippen LogP contribution in [0.4, 0.5) is 18.0 Å². The summed E-state index contributed by atoms with van der Waals surface area (Å²) in [5, 5.41) is 39.6. The van der Waals surface area contributed by atoms with Crippen molar-refractivity contribution in [3.05, 3.63) is 82.2 Å². The summed E-state index contributed by atoms with van der Waals surface area (Å²) in [6.45, 7) is 11.8.